The predicted octanol–water partition coefficient (Wildman–Crippen LogP) is -0.967. The third-order valence-corrected chi connectivity index (χ3v) is 5.70. The SMILES string of the molecule is CN1CCN(C(=O)c2cncc(N3C[C@@H]4COC[C@H](C3)N(C)C4)n2)CC1.O=CO.O=CO. The van der Waals surface area contributed by atoms with Gasteiger partial charge < -0.3 is 29.6 Å². The zero-order valence-corrected chi connectivity index (χ0v) is 18.5. The maximum absolute atomic E-state index is 12.8. The molecule has 1 aromatic heterocycles. The number of piperazine rings is 1. The molecule has 0 unspecified atom stereocenters. The summed E-state index contributed by atoms with van der Waals surface area (Å²) in [5.74, 6) is 1.24. The average molecular weight is 453 g/mol. The van der Waals surface area contributed by atoms with E-state index in [-0.39, 0.29) is 18.9 Å². The second kappa shape index (κ2) is 12.9. The molecule has 4 heterocycles. The van der Waals surface area contributed by atoms with Crippen molar-refractivity contribution in [2.24, 2.45) is 5.92 Å². The van der Waals surface area contributed by atoms with E-state index in [1.165, 1.54) is 0 Å². The largest absolute Gasteiger partial charge is 0.483 e. The molecule has 32 heavy (non-hydrogen) atoms. The van der Waals surface area contributed by atoms with Gasteiger partial charge in [-0.1, -0.05) is 0 Å². The Morgan fingerprint density at radius 1 is 1.03 bits per heavy atom. The van der Waals surface area contributed by atoms with Crippen LogP contribution in [0.3, 0.4) is 0 Å². The molecule has 4 rings (SSSR count). The monoisotopic (exact) mass is 452 g/mol. The van der Waals surface area contributed by atoms with E-state index in [1.807, 2.05) is 4.90 Å². The summed E-state index contributed by atoms with van der Waals surface area (Å²) in [7, 11) is 4.24. The minimum absolute atomic E-state index is 0.0112. The van der Waals surface area contributed by atoms with Gasteiger partial charge in [0, 0.05) is 51.7 Å². The summed E-state index contributed by atoms with van der Waals surface area (Å²) in [6, 6.07) is 0.348. The van der Waals surface area contributed by atoms with E-state index < -0.39 is 0 Å². The first-order chi connectivity index (χ1) is 15.4. The average Bonchev–Trinajstić information content (AvgIpc) is 3.03. The number of hydrogen-bond acceptors (Lipinski definition) is 9. The quantitative estimate of drug-likeness (QED) is 0.536. The van der Waals surface area contributed by atoms with E-state index in [4.69, 9.17) is 24.5 Å². The van der Waals surface area contributed by atoms with E-state index in [9.17, 15) is 4.79 Å². The first-order valence-corrected chi connectivity index (χ1v) is 10.4. The van der Waals surface area contributed by atoms with Crippen molar-refractivity contribution in [3.8, 4) is 0 Å². The summed E-state index contributed by atoms with van der Waals surface area (Å²) in [5, 5.41) is 13.8. The Balaban J connectivity index is 0.000000547. The highest BCUT2D eigenvalue weighted by molar-refractivity contribution is 5.92. The molecule has 1 aromatic rings. The molecule has 12 heteroatoms. The van der Waals surface area contributed by atoms with Crippen LogP contribution in [0.1, 0.15) is 10.5 Å². The molecule has 3 fully saturated rings. The number of carboxylic acid groups (broad SMARTS) is 2. The molecule has 2 atom stereocenters. The summed E-state index contributed by atoms with van der Waals surface area (Å²) in [5.41, 5.74) is 0.450. The molecule has 0 spiro atoms. The summed E-state index contributed by atoms with van der Waals surface area (Å²) in [6.07, 6.45) is 3.38. The van der Waals surface area contributed by atoms with Gasteiger partial charge in [-0.3, -0.25) is 24.3 Å². The number of likely N-dealkylation sites (N-methyl/N-ethyl adjacent to an activating group) is 2. The van der Waals surface area contributed by atoms with Crippen LogP contribution < -0.4 is 4.90 Å². The van der Waals surface area contributed by atoms with E-state index in [1.54, 1.807) is 12.4 Å². The standard InChI is InChI=1S/C18H28N6O2.2CH2O2/c1-21-3-5-23(6-4-21)18(25)16-7-19-8-17(20-16)24-10-14-9-22(2)15(11-24)13-26-12-14;2*2-1-3/h7-8,14-15H,3-6,9-13H2,1-2H3;2*1H,(H,2,3)/t14-,15+;;/m1../s1. The highest BCUT2D eigenvalue weighted by Gasteiger charge is 2.32. The van der Waals surface area contributed by atoms with Gasteiger partial charge in [0.15, 0.2) is 0 Å². The first kappa shape index (κ1) is 25.4. The second-order valence-corrected chi connectivity index (χ2v) is 7.97. The molecule has 12 nitrogen and oxygen atoms in total. The van der Waals surface area contributed by atoms with Crippen molar-refractivity contribution in [3.05, 3.63) is 18.1 Å². The van der Waals surface area contributed by atoms with Gasteiger partial charge in [-0.15, -0.1) is 0 Å². The fourth-order valence-electron chi connectivity index (χ4n) is 4.02. The topological polar surface area (TPSA) is 140 Å². The van der Waals surface area contributed by atoms with Gasteiger partial charge in [0.2, 0.25) is 0 Å². The molecule has 1 amide bonds. The van der Waals surface area contributed by atoms with Crippen LogP contribution in [-0.4, -0.2) is 133 Å². The Hall–Kier alpha value is -2.83. The number of amides is 1. The van der Waals surface area contributed by atoms with Crippen molar-refractivity contribution in [2.45, 2.75) is 6.04 Å². The molecule has 2 bridgehead atoms. The van der Waals surface area contributed by atoms with Crippen LogP contribution in [0.25, 0.3) is 0 Å². The number of anilines is 1. The van der Waals surface area contributed by atoms with Gasteiger partial charge in [0.1, 0.15) is 11.5 Å². The summed E-state index contributed by atoms with van der Waals surface area (Å²) in [6.45, 7) is 7.11. The number of rotatable bonds is 2. The number of carbonyl (C=O) groups is 3. The second-order valence-electron chi connectivity index (χ2n) is 7.97. The molecule has 0 aromatic carbocycles. The Kier molecular flexibility index (Phi) is 10.2. The lowest BCUT2D eigenvalue weighted by Crippen LogP contribution is -2.47. The minimum atomic E-state index is -0.250. The highest BCUT2D eigenvalue weighted by Crippen LogP contribution is 2.22. The molecule has 2 N–H and O–H groups in total. The number of carbonyl (C=O) groups excluding carboxylic acids is 1. The van der Waals surface area contributed by atoms with Crippen LogP contribution >= 0.6 is 0 Å². The van der Waals surface area contributed by atoms with E-state index in [2.05, 4.69) is 38.8 Å². The van der Waals surface area contributed by atoms with Crippen molar-refractivity contribution in [1.29, 1.82) is 0 Å². The zero-order chi connectivity index (χ0) is 23.5. The summed E-state index contributed by atoms with van der Waals surface area (Å²) < 4.78 is 5.80. The number of fused-ring (bicyclic) bond motifs is 3. The Morgan fingerprint density at radius 3 is 2.34 bits per heavy atom. The number of aromatic nitrogens is 2. The maximum atomic E-state index is 12.8. The predicted molar refractivity (Wildman–Crippen MR) is 116 cm³/mol. The summed E-state index contributed by atoms with van der Waals surface area (Å²) >= 11 is 0. The van der Waals surface area contributed by atoms with Crippen molar-refractivity contribution < 1.29 is 29.3 Å². The molecular weight excluding hydrogens is 420 g/mol. The Bertz CT molecular complexity index is 739. The maximum Gasteiger partial charge on any atom is 0.290 e. The number of hydrogen-bond donors (Lipinski definition) is 2. The van der Waals surface area contributed by atoms with Gasteiger partial charge in [0.05, 0.1) is 31.6 Å². The summed E-state index contributed by atoms with van der Waals surface area (Å²) in [4.78, 5) is 47.3. The third kappa shape index (κ3) is 7.11. The number of nitrogens with zero attached hydrogens (tertiary/aromatic N) is 6. The third-order valence-electron chi connectivity index (χ3n) is 5.70. The van der Waals surface area contributed by atoms with Crippen molar-refractivity contribution in [1.82, 2.24) is 24.7 Å². The minimum Gasteiger partial charge on any atom is -0.483 e. The van der Waals surface area contributed by atoms with Gasteiger partial charge in [-0.2, -0.15) is 0 Å². The van der Waals surface area contributed by atoms with Crippen molar-refractivity contribution in [3.63, 3.8) is 0 Å². The lowest BCUT2D eigenvalue weighted by molar-refractivity contribution is -0.123. The van der Waals surface area contributed by atoms with E-state index in [0.29, 0.717) is 17.7 Å². The molecular formula is C20H32N6O6. The van der Waals surface area contributed by atoms with Crippen LogP contribution in [0.2, 0.25) is 0 Å². The fraction of sp³-hybridized carbons (Fsp3) is 0.650. The van der Waals surface area contributed by atoms with Crippen LogP contribution in [-0.2, 0) is 14.3 Å². The van der Waals surface area contributed by atoms with Crippen LogP contribution in [0, 0.1) is 5.92 Å². The zero-order valence-electron chi connectivity index (χ0n) is 18.5. The van der Waals surface area contributed by atoms with Gasteiger partial charge in [0.25, 0.3) is 18.9 Å². The molecule has 0 aliphatic carbocycles. The van der Waals surface area contributed by atoms with Gasteiger partial charge in [-0.05, 0) is 14.1 Å². The molecule has 178 valence electrons. The Labute approximate surface area is 187 Å². The van der Waals surface area contributed by atoms with Crippen molar-refractivity contribution >= 4 is 24.7 Å². The van der Waals surface area contributed by atoms with Crippen molar-refractivity contribution in [2.75, 3.05) is 78.0 Å². The fourth-order valence-corrected chi connectivity index (χ4v) is 4.02. The molecule has 0 saturated carbocycles. The highest BCUT2D eigenvalue weighted by atomic mass is 16.5. The lowest BCUT2D eigenvalue weighted by atomic mass is 10.1. The van der Waals surface area contributed by atoms with Gasteiger partial charge in [-0.25, -0.2) is 4.98 Å². The first-order valence-electron chi connectivity index (χ1n) is 10.4. The molecule has 0 radical (unpaired) electrons. The van der Waals surface area contributed by atoms with E-state index >= 15 is 0 Å². The van der Waals surface area contributed by atoms with Gasteiger partial charge >= 0.3 is 0 Å². The number of ether oxygens (including phenoxy) is 1. The lowest BCUT2D eigenvalue weighted by Gasteiger charge is -2.32. The molecule has 3 aliphatic rings. The molecule has 3 aliphatic heterocycles. The molecule has 3 saturated heterocycles. The normalized spacial score (nSPS) is 23.6. The smallest absolute Gasteiger partial charge is 0.290 e. The van der Waals surface area contributed by atoms with Crippen LogP contribution in [0.15, 0.2) is 12.4 Å². The Morgan fingerprint density at radius 2 is 1.69 bits per heavy atom. The van der Waals surface area contributed by atoms with E-state index in [0.717, 1.165) is 64.8 Å². The van der Waals surface area contributed by atoms with Crippen LogP contribution in [0.4, 0.5) is 5.82 Å². The van der Waals surface area contributed by atoms with Crippen LogP contribution in [0.5, 0.6) is 0 Å².